The lowest BCUT2D eigenvalue weighted by atomic mass is 10.0. The lowest BCUT2D eigenvalue weighted by Gasteiger charge is -2.05. The minimum Gasteiger partial charge on any atom is -0.240 e. The number of hydrogen-bond donors (Lipinski definition) is 1. The Morgan fingerprint density at radius 3 is 2.88 bits per heavy atom. The van der Waals surface area contributed by atoms with Gasteiger partial charge in [0.05, 0.1) is 11.4 Å². The molecule has 1 aromatic heterocycles. The van der Waals surface area contributed by atoms with E-state index in [1.54, 1.807) is 6.20 Å². The first-order valence-electron chi connectivity index (χ1n) is 5.92. The molecule has 1 aliphatic carbocycles. The van der Waals surface area contributed by atoms with E-state index in [0.717, 1.165) is 11.5 Å². The van der Waals surface area contributed by atoms with Crippen LogP contribution in [0.3, 0.4) is 0 Å². The molecule has 0 unspecified atom stereocenters. The number of hydrogen-bond acceptors (Lipinski definition) is 3. The first-order chi connectivity index (χ1) is 8.36. The molecule has 0 aliphatic heterocycles. The molecule has 1 heterocycles. The molecule has 3 rings (SSSR count). The van der Waals surface area contributed by atoms with Gasteiger partial charge in [0.25, 0.3) is 0 Å². The van der Waals surface area contributed by atoms with Gasteiger partial charge in [0.15, 0.2) is 0 Å². The summed E-state index contributed by atoms with van der Waals surface area (Å²) in [5.41, 5.74) is 5.17. The van der Waals surface area contributed by atoms with Crippen molar-refractivity contribution in [2.75, 3.05) is 0 Å². The standard InChI is InChI=1S/C14H14N2S/c17-9-14-15-7-6-13(16-14)12-5-4-10-2-1-3-11(10)8-12/h4-8,17H,1-3,9H2. The molecule has 0 bridgehead atoms. The first-order valence-corrected chi connectivity index (χ1v) is 6.55. The van der Waals surface area contributed by atoms with Gasteiger partial charge < -0.3 is 0 Å². The Bertz CT molecular complexity index is 552. The van der Waals surface area contributed by atoms with Crippen LogP contribution in [0.4, 0.5) is 0 Å². The van der Waals surface area contributed by atoms with Crippen LogP contribution < -0.4 is 0 Å². The molecule has 2 aromatic rings. The minimum absolute atomic E-state index is 0.582. The highest BCUT2D eigenvalue weighted by Crippen LogP contribution is 2.27. The number of thiol groups is 1. The van der Waals surface area contributed by atoms with Crippen LogP contribution in [0.1, 0.15) is 23.4 Å². The Balaban J connectivity index is 2.03. The number of fused-ring (bicyclic) bond motifs is 1. The predicted molar refractivity (Wildman–Crippen MR) is 72.2 cm³/mol. The zero-order chi connectivity index (χ0) is 11.7. The van der Waals surface area contributed by atoms with E-state index in [-0.39, 0.29) is 0 Å². The summed E-state index contributed by atoms with van der Waals surface area (Å²) in [5.74, 6) is 1.37. The Kier molecular flexibility index (Phi) is 2.85. The molecule has 0 saturated heterocycles. The number of aromatic nitrogens is 2. The van der Waals surface area contributed by atoms with Crippen LogP contribution in [0.5, 0.6) is 0 Å². The smallest absolute Gasteiger partial charge is 0.138 e. The summed E-state index contributed by atoms with van der Waals surface area (Å²) in [4.78, 5) is 8.67. The molecule has 0 radical (unpaired) electrons. The molecule has 0 amide bonds. The Hall–Kier alpha value is -1.35. The third-order valence-electron chi connectivity index (χ3n) is 3.24. The molecule has 2 nitrogen and oxygen atoms in total. The molecule has 17 heavy (non-hydrogen) atoms. The highest BCUT2D eigenvalue weighted by molar-refractivity contribution is 7.79. The predicted octanol–water partition coefficient (Wildman–Crippen LogP) is 3.06. The van der Waals surface area contributed by atoms with Gasteiger partial charge in [0, 0.05) is 11.8 Å². The zero-order valence-corrected chi connectivity index (χ0v) is 10.5. The molecule has 1 aliphatic rings. The van der Waals surface area contributed by atoms with E-state index in [9.17, 15) is 0 Å². The van der Waals surface area contributed by atoms with Crippen molar-refractivity contribution < 1.29 is 0 Å². The molecule has 0 atom stereocenters. The topological polar surface area (TPSA) is 25.8 Å². The van der Waals surface area contributed by atoms with E-state index in [2.05, 4.69) is 40.8 Å². The van der Waals surface area contributed by atoms with Crippen molar-refractivity contribution in [1.82, 2.24) is 9.97 Å². The maximum Gasteiger partial charge on any atom is 0.138 e. The quantitative estimate of drug-likeness (QED) is 0.819. The van der Waals surface area contributed by atoms with Crippen molar-refractivity contribution in [2.24, 2.45) is 0 Å². The van der Waals surface area contributed by atoms with E-state index in [0.29, 0.717) is 5.75 Å². The molecule has 0 N–H and O–H groups in total. The Labute approximate surface area is 107 Å². The second-order valence-corrected chi connectivity index (χ2v) is 4.67. The van der Waals surface area contributed by atoms with Gasteiger partial charge in [-0.05, 0) is 42.5 Å². The fourth-order valence-electron chi connectivity index (χ4n) is 2.37. The fraction of sp³-hybridized carbons (Fsp3) is 0.286. The van der Waals surface area contributed by atoms with Crippen molar-refractivity contribution in [2.45, 2.75) is 25.0 Å². The van der Waals surface area contributed by atoms with E-state index in [1.165, 1.54) is 36.0 Å². The van der Waals surface area contributed by atoms with Crippen LogP contribution in [0.25, 0.3) is 11.3 Å². The van der Waals surface area contributed by atoms with Crippen LogP contribution in [0.15, 0.2) is 30.5 Å². The van der Waals surface area contributed by atoms with Crippen molar-refractivity contribution in [1.29, 1.82) is 0 Å². The molecule has 0 spiro atoms. The molecule has 3 heteroatoms. The van der Waals surface area contributed by atoms with Crippen molar-refractivity contribution in [3.63, 3.8) is 0 Å². The molecule has 0 fully saturated rings. The molecule has 1 aromatic carbocycles. The second kappa shape index (κ2) is 4.49. The van der Waals surface area contributed by atoms with Gasteiger partial charge in [-0.25, -0.2) is 9.97 Å². The molecule has 0 saturated carbocycles. The van der Waals surface area contributed by atoms with Crippen LogP contribution >= 0.6 is 12.6 Å². The Morgan fingerprint density at radius 2 is 2.00 bits per heavy atom. The SMILES string of the molecule is SCc1nccc(-c2ccc3c(c2)CCC3)n1. The number of nitrogens with zero attached hydrogens (tertiary/aromatic N) is 2. The van der Waals surface area contributed by atoms with Gasteiger partial charge in [0.1, 0.15) is 5.82 Å². The summed E-state index contributed by atoms with van der Waals surface area (Å²) in [6.45, 7) is 0. The number of rotatable bonds is 2. The van der Waals surface area contributed by atoms with E-state index in [1.807, 2.05) is 6.07 Å². The average Bonchev–Trinajstić information content (AvgIpc) is 2.86. The molecular formula is C14H14N2S. The number of aryl methyl sites for hydroxylation is 2. The summed E-state index contributed by atoms with van der Waals surface area (Å²) >= 11 is 4.21. The van der Waals surface area contributed by atoms with E-state index >= 15 is 0 Å². The first kappa shape index (κ1) is 10.8. The summed E-state index contributed by atoms with van der Waals surface area (Å²) < 4.78 is 0. The van der Waals surface area contributed by atoms with E-state index < -0.39 is 0 Å². The molecule has 86 valence electrons. The van der Waals surface area contributed by atoms with E-state index in [4.69, 9.17) is 0 Å². The Morgan fingerprint density at radius 1 is 1.12 bits per heavy atom. The lowest BCUT2D eigenvalue weighted by molar-refractivity contribution is 0.912. The van der Waals surface area contributed by atoms with Crippen LogP contribution in [0, 0.1) is 0 Å². The largest absolute Gasteiger partial charge is 0.240 e. The van der Waals surface area contributed by atoms with Crippen LogP contribution in [-0.4, -0.2) is 9.97 Å². The van der Waals surface area contributed by atoms with Crippen molar-refractivity contribution in [3.05, 3.63) is 47.4 Å². The van der Waals surface area contributed by atoms with Crippen LogP contribution in [0.2, 0.25) is 0 Å². The number of benzene rings is 1. The van der Waals surface area contributed by atoms with Crippen LogP contribution in [-0.2, 0) is 18.6 Å². The second-order valence-electron chi connectivity index (χ2n) is 4.35. The third kappa shape index (κ3) is 2.07. The summed E-state index contributed by atoms with van der Waals surface area (Å²) in [6, 6.07) is 8.63. The van der Waals surface area contributed by atoms with Gasteiger partial charge in [-0.3, -0.25) is 0 Å². The lowest BCUT2D eigenvalue weighted by Crippen LogP contribution is -1.93. The van der Waals surface area contributed by atoms with Gasteiger partial charge in [-0.15, -0.1) is 0 Å². The summed E-state index contributed by atoms with van der Waals surface area (Å²) in [5, 5.41) is 0. The van der Waals surface area contributed by atoms with Gasteiger partial charge >= 0.3 is 0 Å². The highest BCUT2D eigenvalue weighted by atomic mass is 32.1. The van der Waals surface area contributed by atoms with Gasteiger partial charge in [0.2, 0.25) is 0 Å². The fourth-order valence-corrected chi connectivity index (χ4v) is 2.52. The third-order valence-corrected chi connectivity index (χ3v) is 3.52. The van der Waals surface area contributed by atoms with Crippen molar-refractivity contribution >= 4 is 12.6 Å². The highest BCUT2D eigenvalue weighted by Gasteiger charge is 2.11. The zero-order valence-electron chi connectivity index (χ0n) is 9.56. The summed E-state index contributed by atoms with van der Waals surface area (Å²) in [6.07, 6.45) is 5.51. The maximum atomic E-state index is 4.50. The minimum atomic E-state index is 0.582. The normalized spacial score (nSPS) is 13.7. The monoisotopic (exact) mass is 242 g/mol. The maximum absolute atomic E-state index is 4.50. The van der Waals surface area contributed by atoms with Gasteiger partial charge in [-0.2, -0.15) is 12.6 Å². The molecular weight excluding hydrogens is 228 g/mol. The van der Waals surface area contributed by atoms with Gasteiger partial charge in [-0.1, -0.05) is 12.1 Å². The average molecular weight is 242 g/mol. The summed E-state index contributed by atoms with van der Waals surface area (Å²) in [7, 11) is 0. The van der Waals surface area contributed by atoms with Crippen molar-refractivity contribution in [3.8, 4) is 11.3 Å².